The molecule has 1 aromatic heterocycles. The van der Waals surface area contributed by atoms with E-state index >= 15 is 0 Å². The van der Waals surface area contributed by atoms with Gasteiger partial charge in [0, 0.05) is 17.9 Å². The van der Waals surface area contributed by atoms with Gasteiger partial charge in [-0.1, -0.05) is 30.3 Å². The molecule has 0 aliphatic heterocycles. The van der Waals surface area contributed by atoms with Crippen LogP contribution in [0.1, 0.15) is 33.6 Å². The van der Waals surface area contributed by atoms with Gasteiger partial charge in [-0.25, -0.2) is 14.8 Å². The zero-order chi connectivity index (χ0) is 21.6. The Bertz CT molecular complexity index is 1010. The molecule has 3 rings (SSSR count). The minimum Gasteiger partial charge on any atom is -0.478 e. The summed E-state index contributed by atoms with van der Waals surface area (Å²) in [7, 11) is 0. The van der Waals surface area contributed by atoms with Gasteiger partial charge in [-0.05, 0) is 42.7 Å². The van der Waals surface area contributed by atoms with Gasteiger partial charge in [0.25, 0.3) is 0 Å². The Morgan fingerprint density at radius 1 is 1.03 bits per heavy atom. The first-order valence-corrected chi connectivity index (χ1v) is 9.21. The highest BCUT2D eigenvalue weighted by Crippen LogP contribution is 2.33. The lowest BCUT2D eigenvalue weighted by molar-refractivity contribution is -0.137. The van der Waals surface area contributed by atoms with Crippen molar-refractivity contribution in [3.63, 3.8) is 0 Å². The lowest BCUT2D eigenvalue weighted by Crippen LogP contribution is -2.08. The monoisotopic (exact) mass is 416 g/mol. The number of carbonyl (C=O) groups is 1. The summed E-state index contributed by atoms with van der Waals surface area (Å²) in [4.78, 5) is 19.4. The maximum Gasteiger partial charge on any atom is 0.416 e. The van der Waals surface area contributed by atoms with Crippen LogP contribution in [-0.2, 0) is 23.9 Å². The Kier molecular flexibility index (Phi) is 6.79. The second kappa shape index (κ2) is 9.49. The van der Waals surface area contributed by atoms with E-state index < -0.39 is 23.3 Å². The lowest BCUT2D eigenvalue weighted by Gasteiger charge is -2.11. The molecule has 1 N–H and O–H groups in total. The molecule has 2 aromatic carbocycles. The molecule has 8 heteroatoms. The summed E-state index contributed by atoms with van der Waals surface area (Å²) in [5.41, 5.74) is 0.532. The molecule has 30 heavy (non-hydrogen) atoms. The van der Waals surface area contributed by atoms with Crippen molar-refractivity contribution in [2.45, 2.75) is 25.6 Å². The van der Waals surface area contributed by atoms with E-state index in [-0.39, 0.29) is 11.3 Å². The Morgan fingerprint density at radius 3 is 2.50 bits per heavy atom. The second-order valence-corrected chi connectivity index (χ2v) is 6.64. The predicted octanol–water partition coefficient (Wildman–Crippen LogP) is 5.01. The fourth-order valence-electron chi connectivity index (χ4n) is 2.87. The van der Waals surface area contributed by atoms with Crippen molar-refractivity contribution in [2.24, 2.45) is 0 Å². The predicted molar refractivity (Wildman–Crippen MR) is 104 cm³/mol. The van der Waals surface area contributed by atoms with Gasteiger partial charge in [0.05, 0.1) is 23.4 Å². The van der Waals surface area contributed by atoms with E-state index in [0.717, 1.165) is 11.6 Å². The number of alkyl halides is 3. The Labute approximate surface area is 171 Å². The topological polar surface area (TPSA) is 72.3 Å². The molecular weight excluding hydrogens is 397 g/mol. The molecule has 0 radical (unpaired) electrons. The van der Waals surface area contributed by atoms with Crippen molar-refractivity contribution >= 4 is 5.97 Å². The summed E-state index contributed by atoms with van der Waals surface area (Å²) in [6.07, 6.45) is -2.18. The number of rotatable bonds is 8. The number of halogens is 3. The van der Waals surface area contributed by atoms with Gasteiger partial charge in [0.1, 0.15) is 6.33 Å². The molecule has 0 aliphatic rings. The van der Waals surface area contributed by atoms with E-state index in [0.29, 0.717) is 37.8 Å². The molecule has 0 saturated heterocycles. The lowest BCUT2D eigenvalue weighted by atomic mass is 10.0. The van der Waals surface area contributed by atoms with Gasteiger partial charge in [-0.3, -0.25) is 0 Å². The smallest absolute Gasteiger partial charge is 0.416 e. The van der Waals surface area contributed by atoms with E-state index in [1.165, 1.54) is 12.4 Å². The minimum atomic E-state index is -4.66. The van der Waals surface area contributed by atoms with Gasteiger partial charge in [-0.2, -0.15) is 13.2 Å². The zero-order valence-electron chi connectivity index (χ0n) is 15.9. The maximum absolute atomic E-state index is 13.1. The van der Waals surface area contributed by atoms with Crippen molar-refractivity contribution in [2.75, 3.05) is 6.61 Å². The van der Waals surface area contributed by atoms with Gasteiger partial charge in [0.2, 0.25) is 0 Å². The second-order valence-electron chi connectivity index (χ2n) is 6.64. The molecule has 0 spiro atoms. The van der Waals surface area contributed by atoms with Crippen molar-refractivity contribution in [3.05, 3.63) is 83.3 Å². The van der Waals surface area contributed by atoms with Crippen LogP contribution >= 0.6 is 0 Å². The van der Waals surface area contributed by atoms with E-state index in [1.807, 2.05) is 30.3 Å². The van der Waals surface area contributed by atoms with Crippen LogP contribution < -0.4 is 0 Å². The van der Waals surface area contributed by atoms with Crippen LogP contribution in [0.15, 0.2) is 60.9 Å². The molecule has 1 heterocycles. The van der Waals surface area contributed by atoms with Crippen LogP contribution in [-0.4, -0.2) is 27.7 Å². The fraction of sp³-hybridized carbons (Fsp3) is 0.227. The highest BCUT2D eigenvalue weighted by molar-refractivity contribution is 5.89. The molecule has 156 valence electrons. The number of nitrogens with zero attached hydrogens (tertiary/aromatic N) is 2. The van der Waals surface area contributed by atoms with Crippen LogP contribution in [0.3, 0.4) is 0 Å². The number of hydrogen-bond acceptors (Lipinski definition) is 4. The van der Waals surface area contributed by atoms with Crippen molar-refractivity contribution in [3.8, 4) is 11.3 Å². The highest BCUT2D eigenvalue weighted by atomic mass is 19.4. The molecule has 0 atom stereocenters. The van der Waals surface area contributed by atoms with Crippen LogP contribution in [0.5, 0.6) is 0 Å². The fourth-order valence-corrected chi connectivity index (χ4v) is 2.87. The first-order valence-electron chi connectivity index (χ1n) is 9.21. The summed E-state index contributed by atoms with van der Waals surface area (Å²) >= 11 is 0. The van der Waals surface area contributed by atoms with Crippen molar-refractivity contribution < 1.29 is 27.8 Å². The van der Waals surface area contributed by atoms with Crippen LogP contribution in [0.2, 0.25) is 0 Å². The largest absolute Gasteiger partial charge is 0.478 e. The number of benzene rings is 2. The van der Waals surface area contributed by atoms with Gasteiger partial charge >= 0.3 is 12.1 Å². The molecule has 0 saturated carbocycles. The summed E-state index contributed by atoms with van der Waals surface area (Å²) in [6, 6.07) is 14.0. The number of aromatic nitrogens is 2. The number of hydrogen-bond donors (Lipinski definition) is 1. The number of carboxylic acids is 1. The Balaban J connectivity index is 1.67. The average molecular weight is 416 g/mol. The minimum absolute atomic E-state index is 0.0752. The average Bonchev–Trinajstić information content (AvgIpc) is 2.73. The third-order valence-electron chi connectivity index (χ3n) is 4.36. The normalized spacial score (nSPS) is 11.4. The van der Waals surface area contributed by atoms with E-state index in [9.17, 15) is 18.0 Å². The van der Waals surface area contributed by atoms with E-state index in [4.69, 9.17) is 9.84 Å². The van der Waals surface area contributed by atoms with Gasteiger partial charge in [0.15, 0.2) is 0 Å². The molecule has 5 nitrogen and oxygen atoms in total. The van der Waals surface area contributed by atoms with Gasteiger partial charge < -0.3 is 9.84 Å². The summed E-state index contributed by atoms with van der Waals surface area (Å²) in [5.74, 6) is -1.44. The summed E-state index contributed by atoms with van der Waals surface area (Å²) < 4.78 is 45.0. The summed E-state index contributed by atoms with van der Waals surface area (Å²) in [5, 5.41) is 9.14. The van der Waals surface area contributed by atoms with Crippen LogP contribution in [0.4, 0.5) is 13.2 Å². The van der Waals surface area contributed by atoms with Crippen molar-refractivity contribution in [1.29, 1.82) is 0 Å². The number of aromatic carboxylic acids is 1. The van der Waals surface area contributed by atoms with Crippen molar-refractivity contribution in [1.82, 2.24) is 9.97 Å². The SMILES string of the molecule is O=C(O)c1cc(-c2cc(CCCOCc3ccccc3)ncn2)cc(C(F)(F)F)c1. The third-order valence-corrected chi connectivity index (χ3v) is 4.36. The number of carboxylic acid groups (broad SMARTS) is 1. The maximum atomic E-state index is 13.1. The van der Waals surface area contributed by atoms with Gasteiger partial charge in [-0.15, -0.1) is 0 Å². The molecule has 0 aliphatic carbocycles. The standard InChI is InChI=1S/C22H19F3N2O3/c23-22(24,25)18-10-16(9-17(11-18)21(28)29)20-12-19(26-14-27-20)7-4-8-30-13-15-5-2-1-3-6-15/h1-3,5-6,9-12,14H,4,7-8,13H2,(H,28,29). The van der Waals surface area contributed by atoms with Crippen LogP contribution in [0.25, 0.3) is 11.3 Å². The molecule has 0 bridgehead atoms. The van der Waals surface area contributed by atoms with E-state index in [1.54, 1.807) is 6.07 Å². The quantitative estimate of drug-likeness (QED) is 0.523. The molecule has 0 amide bonds. The molecule has 3 aromatic rings. The first kappa shape index (κ1) is 21.4. The molecule has 0 fully saturated rings. The number of aryl methyl sites for hydroxylation is 1. The number of ether oxygens (including phenoxy) is 1. The molecular formula is C22H19F3N2O3. The highest BCUT2D eigenvalue weighted by Gasteiger charge is 2.32. The Morgan fingerprint density at radius 2 is 1.80 bits per heavy atom. The van der Waals surface area contributed by atoms with Crippen LogP contribution in [0, 0.1) is 0 Å². The molecule has 0 unspecified atom stereocenters. The van der Waals surface area contributed by atoms with E-state index in [2.05, 4.69) is 9.97 Å². The summed E-state index contributed by atoms with van der Waals surface area (Å²) in [6.45, 7) is 0.999. The Hall–Kier alpha value is -3.26. The first-order chi connectivity index (χ1) is 14.3. The third kappa shape index (κ3) is 5.87. The zero-order valence-corrected chi connectivity index (χ0v) is 15.9.